The van der Waals surface area contributed by atoms with Gasteiger partial charge in [0.2, 0.25) is 0 Å². The molecule has 134 valence electrons. The average Bonchev–Trinajstić information content (AvgIpc) is 2.67. The van der Waals surface area contributed by atoms with Crippen LogP contribution in [0.25, 0.3) is 0 Å². The summed E-state index contributed by atoms with van der Waals surface area (Å²) in [6.07, 6.45) is 0.704. The quantitative estimate of drug-likeness (QED) is 0.624. The summed E-state index contributed by atoms with van der Waals surface area (Å²) >= 11 is 1.71. The molecule has 0 amide bonds. The number of thioether (sulfide) groups is 1. The van der Waals surface area contributed by atoms with E-state index in [9.17, 15) is 8.78 Å². The second-order valence-corrected chi connectivity index (χ2v) is 7.53. The molecule has 0 fully saturated rings. The van der Waals surface area contributed by atoms with Gasteiger partial charge in [0.05, 0.1) is 4.75 Å². The van der Waals surface area contributed by atoms with E-state index in [0.29, 0.717) is 13.0 Å². The van der Waals surface area contributed by atoms with Crippen LogP contribution in [0.3, 0.4) is 0 Å². The predicted molar refractivity (Wildman–Crippen MR) is 105 cm³/mol. The van der Waals surface area contributed by atoms with E-state index in [-0.39, 0.29) is 11.6 Å². The van der Waals surface area contributed by atoms with Crippen molar-refractivity contribution in [2.45, 2.75) is 11.2 Å². The van der Waals surface area contributed by atoms with Gasteiger partial charge in [0.25, 0.3) is 0 Å². The fourth-order valence-corrected chi connectivity index (χ4v) is 4.48. The van der Waals surface area contributed by atoms with Crippen LogP contribution in [-0.4, -0.2) is 12.3 Å². The second-order valence-electron chi connectivity index (χ2n) is 6.14. The Balaban J connectivity index is 2.15. The third-order valence-corrected chi connectivity index (χ3v) is 5.93. The number of halogens is 2. The molecular weight excluding hydrogens is 348 g/mol. The highest BCUT2D eigenvalue weighted by Crippen LogP contribution is 2.45. The molecule has 0 aliphatic carbocycles. The maximum atomic E-state index is 13.5. The highest BCUT2D eigenvalue weighted by atomic mass is 32.2. The van der Waals surface area contributed by atoms with E-state index in [2.05, 4.69) is 12.1 Å². The van der Waals surface area contributed by atoms with Crippen LogP contribution in [0, 0.1) is 11.6 Å². The molecule has 3 aromatic rings. The lowest BCUT2D eigenvalue weighted by atomic mass is 9.85. The normalized spacial score (nSPS) is 11.5. The van der Waals surface area contributed by atoms with Crippen LogP contribution >= 0.6 is 11.8 Å². The topological polar surface area (TPSA) is 26.0 Å². The monoisotopic (exact) mass is 369 g/mol. The van der Waals surface area contributed by atoms with Crippen LogP contribution in [0.4, 0.5) is 8.78 Å². The first-order valence-electron chi connectivity index (χ1n) is 8.54. The molecule has 0 bridgehead atoms. The van der Waals surface area contributed by atoms with Gasteiger partial charge in [0.15, 0.2) is 0 Å². The lowest BCUT2D eigenvalue weighted by molar-refractivity contribution is 0.622. The van der Waals surface area contributed by atoms with Crippen LogP contribution < -0.4 is 5.73 Å². The highest BCUT2D eigenvalue weighted by Gasteiger charge is 2.35. The lowest BCUT2D eigenvalue weighted by Gasteiger charge is -2.35. The van der Waals surface area contributed by atoms with Crippen LogP contribution in [0.1, 0.15) is 16.7 Å². The zero-order valence-electron chi connectivity index (χ0n) is 14.4. The SMILES string of the molecule is NCCSC(Cc1ccccc1)(c1ccc(F)cc1)c1ccc(F)cc1. The molecule has 2 N–H and O–H groups in total. The van der Waals surface area contributed by atoms with Crippen LogP contribution in [0.5, 0.6) is 0 Å². The molecule has 0 saturated carbocycles. The molecule has 1 nitrogen and oxygen atoms in total. The van der Waals surface area contributed by atoms with Gasteiger partial charge in [-0.1, -0.05) is 54.6 Å². The van der Waals surface area contributed by atoms with Gasteiger partial charge in [-0.05, 0) is 47.4 Å². The molecule has 4 heteroatoms. The minimum Gasteiger partial charge on any atom is -0.330 e. The van der Waals surface area contributed by atoms with Crippen LogP contribution in [-0.2, 0) is 11.2 Å². The zero-order chi connectivity index (χ0) is 18.4. The van der Waals surface area contributed by atoms with Crippen molar-refractivity contribution in [1.82, 2.24) is 0 Å². The summed E-state index contributed by atoms with van der Waals surface area (Å²) in [5.74, 6) is 0.192. The molecular formula is C22H21F2NS. The largest absolute Gasteiger partial charge is 0.330 e. The smallest absolute Gasteiger partial charge is 0.123 e. The van der Waals surface area contributed by atoms with E-state index in [1.54, 1.807) is 11.8 Å². The van der Waals surface area contributed by atoms with Gasteiger partial charge >= 0.3 is 0 Å². The first kappa shape index (κ1) is 18.6. The Bertz CT molecular complexity index is 772. The lowest BCUT2D eigenvalue weighted by Crippen LogP contribution is -2.28. The molecule has 0 heterocycles. The van der Waals surface area contributed by atoms with Crippen molar-refractivity contribution in [2.24, 2.45) is 5.73 Å². The van der Waals surface area contributed by atoms with Crippen molar-refractivity contribution >= 4 is 11.8 Å². The molecule has 0 unspecified atom stereocenters. The van der Waals surface area contributed by atoms with Crippen molar-refractivity contribution in [2.75, 3.05) is 12.3 Å². The van der Waals surface area contributed by atoms with E-state index in [1.165, 1.54) is 24.3 Å². The van der Waals surface area contributed by atoms with E-state index < -0.39 is 4.75 Å². The number of rotatable bonds is 7. The maximum absolute atomic E-state index is 13.5. The number of benzene rings is 3. The van der Waals surface area contributed by atoms with Gasteiger partial charge in [-0.25, -0.2) is 8.78 Å². The maximum Gasteiger partial charge on any atom is 0.123 e. The van der Waals surface area contributed by atoms with E-state index >= 15 is 0 Å². The number of nitrogens with two attached hydrogens (primary N) is 1. The van der Waals surface area contributed by atoms with Crippen LogP contribution in [0.2, 0.25) is 0 Å². The van der Waals surface area contributed by atoms with Crippen LogP contribution in [0.15, 0.2) is 78.9 Å². The average molecular weight is 369 g/mol. The first-order valence-corrected chi connectivity index (χ1v) is 9.53. The Morgan fingerprint density at radius 2 is 1.23 bits per heavy atom. The van der Waals surface area contributed by atoms with Gasteiger partial charge in [-0.3, -0.25) is 0 Å². The fraction of sp³-hybridized carbons (Fsp3) is 0.182. The van der Waals surface area contributed by atoms with E-state index in [4.69, 9.17) is 5.73 Å². The Kier molecular flexibility index (Phi) is 6.07. The second kappa shape index (κ2) is 8.47. The Labute approximate surface area is 157 Å². The molecule has 0 aromatic heterocycles. The summed E-state index contributed by atoms with van der Waals surface area (Å²) in [5.41, 5.74) is 8.91. The third kappa shape index (κ3) is 4.14. The molecule has 3 aromatic carbocycles. The summed E-state index contributed by atoms with van der Waals surface area (Å²) < 4.78 is 26.6. The molecule has 0 aliphatic heterocycles. The number of hydrogen-bond acceptors (Lipinski definition) is 2. The Hall–Kier alpha value is -2.17. The number of hydrogen-bond donors (Lipinski definition) is 1. The third-order valence-electron chi connectivity index (χ3n) is 4.38. The fourth-order valence-electron chi connectivity index (χ4n) is 3.14. The Morgan fingerprint density at radius 3 is 1.69 bits per heavy atom. The molecule has 0 saturated heterocycles. The minimum atomic E-state index is -0.470. The minimum absolute atomic E-state index is 0.273. The van der Waals surface area contributed by atoms with Gasteiger partial charge in [0, 0.05) is 12.3 Å². The molecule has 0 aliphatic rings. The summed E-state index contributed by atoms with van der Waals surface area (Å²) in [7, 11) is 0. The van der Waals surface area contributed by atoms with Crippen molar-refractivity contribution < 1.29 is 8.78 Å². The standard InChI is InChI=1S/C22H21F2NS/c23-20-10-6-18(7-11-20)22(26-15-14-25,16-17-4-2-1-3-5-17)19-8-12-21(24)13-9-19/h1-13H,14-16,25H2. The summed E-state index contributed by atoms with van der Waals surface area (Å²) in [6.45, 7) is 0.531. The molecule has 26 heavy (non-hydrogen) atoms. The summed E-state index contributed by atoms with van der Waals surface area (Å²) in [6, 6.07) is 23.3. The van der Waals surface area contributed by atoms with Gasteiger partial charge in [0.1, 0.15) is 11.6 Å². The predicted octanol–water partition coefficient (Wildman–Crippen LogP) is 5.14. The van der Waals surface area contributed by atoms with Crippen molar-refractivity contribution in [3.05, 3.63) is 107 Å². The molecule has 3 rings (SSSR count). The van der Waals surface area contributed by atoms with Gasteiger partial charge in [-0.15, -0.1) is 11.8 Å². The van der Waals surface area contributed by atoms with Gasteiger partial charge in [-0.2, -0.15) is 0 Å². The van der Waals surface area contributed by atoms with Crippen molar-refractivity contribution in [3.8, 4) is 0 Å². The van der Waals surface area contributed by atoms with Crippen molar-refractivity contribution in [1.29, 1.82) is 0 Å². The van der Waals surface area contributed by atoms with E-state index in [0.717, 1.165) is 22.4 Å². The highest BCUT2D eigenvalue weighted by molar-refractivity contribution is 8.00. The summed E-state index contributed by atoms with van der Waals surface area (Å²) in [4.78, 5) is 0. The zero-order valence-corrected chi connectivity index (χ0v) is 15.2. The molecule has 0 radical (unpaired) electrons. The van der Waals surface area contributed by atoms with Crippen molar-refractivity contribution in [3.63, 3.8) is 0 Å². The molecule has 0 atom stereocenters. The van der Waals surface area contributed by atoms with E-state index in [1.807, 2.05) is 42.5 Å². The summed E-state index contributed by atoms with van der Waals surface area (Å²) in [5, 5.41) is 0. The first-order chi connectivity index (χ1) is 12.6. The molecule has 0 spiro atoms. The Morgan fingerprint density at radius 1 is 0.731 bits per heavy atom. The van der Waals surface area contributed by atoms with Gasteiger partial charge < -0.3 is 5.73 Å².